The molecular formula is C24H24N2O2S. The average Bonchev–Trinajstić information content (AvgIpc) is 2.73. The van der Waals surface area contributed by atoms with Gasteiger partial charge in [0.1, 0.15) is 0 Å². The molecule has 0 N–H and O–H groups in total. The highest BCUT2D eigenvalue weighted by Crippen LogP contribution is 2.39. The van der Waals surface area contributed by atoms with Gasteiger partial charge < -0.3 is 4.90 Å². The summed E-state index contributed by atoms with van der Waals surface area (Å²) in [5.74, 6) is 0. The molecule has 0 spiro atoms. The molecule has 0 amide bonds. The van der Waals surface area contributed by atoms with Crippen LogP contribution in [0.5, 0.6) is 0 Å². The Kier molecular flexibility index (Phi) is 4.92. The molecule has 3 aromatic rings. The summed E-state index contributed by atoms with van der Waals surface area (Å²) in [4.78, 5) is 2.32. The summed E-state index contributed by atoms with van der Waals surface area (Å²) in [5.41, 5.74) is 5.04. The Morgan fingerprint density at radius 1 is 0.862 bits per heavy atom. The van der Waals surface area contributed by atoms with Crippen LogP contribution in [-0.2, 0) is 10.0 Å². The molecule has 148 valence electrons. The van der Waals surface area contributed by atoms with Gasteiger partial charge in [0.05, 0.1) is 10.9 Å². The van der Waals surface area contributed by atoms with Gasteiger partial charge in [0.25, 0.3) is 10.0 Å². The van der Waals surface area contributed by atoms with Crippen LogP contribution in [0.4, 0.5) is 5.69 Å². The van der Waals surface area contributed by atoms with Crippen LogP contribution < -0.4 is 4.90 Å². The van der Waals surface area contributed by atoms with Crippen LogP contribution in [0.25, 0.3) is 6.08 Å². The van der Waals surface area contributed by atoms with E-state index in [-0.39, 0.29) is 0 Å². The van der Waals surface area contributed by atoms with Crippen LogP contribution in [0.15, 0.2) is 83.9 Å². The number of rotatable bonds is 4. The summed E-state index contributed by atoms with van der Waals surface area (Å²) in [6.45, 7) is 1.95. The van der Waals surface area contributed by atoms with Gasteiger partial charge in [-0.1, -0.05) is 54.1 Å². The molecule has 0 aliphatic carbocycles. The highest BCUT2D eigenvalue weighted by atomic mass is 32.2. The molecule has 0 saturated heterocycles. The van der Waals surface area contributed by atoms with E-state index < -0.39 is 16.1 Å². The minimum Gasteiger partial charge on any atom is -0.378 e. The van der Waals surface area contributed by atoms with Gasteiger partial charge in [0.2, 0.25) is 0 Å². The van der Waals surface area contributed by atoms with Crippen molar-refractivity contribution in [2.24, 2.45) is 0 Å². The summed E-state index contributed by atoms with van der Waals surface area (Å²) in [6, 6.07) is 22.6. The molecule has 1 atom stereocenters. The van der Waals surface area contributed by atoms with Gasteiger partial charge >= 0.3 is 0 Å². The molecule has 0 bridgehead atoms. The maximum absolute atomic E-state index is 13.5. The topological polar surface area (TPSA) is 40.6 Å². The van der Waals surface area contributed by atoms with Gasteiger partial charge in [0, 0.05) is 26.0 Å². The van der Waals surface area contributed by atoms with E-state index in [1.165, 1.54) is 4.31 Å². The fourth-order valence-corrected chi connectivity index (χ4v) is 5.08. The zero-order valence-electron chi connectivity index (χ0n) is 16.8. The van der Waals surface area contributed by atoms with Crippen molar-refractivity contribution in [3.63, 3.8) is 0 Å². The fourth-order valence-electron chi connectivity index (χ4n) is 3.62. The van der Waals surface area contributed by atoms with Crippen molar-refractivity contribution >= 4 is 21.8 Å². The molecule has 1 aliphatic rings. The van der Waals surface area contributed by atoms with Crippen LogP contribution in [-0.4, -0.2) is 26.8 Å². The van der Waals surface area contributed by atoms with Crippen molar-refractivity contribution in [2.75, 3.05) is 19.0 Å². The zero-order chi connectivity index (χ0) is 20.6. The van der Waals surface area contributed by atoms with Crippen molar-refractivity contribution in [3.05, 3.63) is 101 Å². The van der Waals surface area contributed by atoms with Crippen LogP contribution in [0, 0.1) is 6.92 Å². The summed E-state index contributed by atoms with van der Waals surface area (Å²) >= 11 is 0. The van der Waals surface area contributed by atoms with Crippen LogP contribution in [0.1, 0.15) is 28.3 Å². The first-order valence-electron chi connectivity index (χ1n) is 9.52. The maximum atomic E-state index is 13.5. The number of nitrogens with zero attached hydrogens (tertiary/aromatic N) is 2. The van der Waals surface area contributed by atoms with E-state index in [1.54, 1.807) is 18.3 Å². The average molecular weight is 405 g/mol. The predicted octanol–water partition coefficient (Wildman–Crippen LogP) is 4.83. The molecule has 4 rings (SSSR count). The Bertz CT molecular complexity index is 1150. The molecule has 3 aromatic carbocycles. The number of anilines is 1. The third-order valence-electron chi connectivity index (χ3n) is 5.27. The number of benzene rings is 3. The zero-order valence-corrected chi connectivity index (χ0v) is 17.6. The lowest BCUT2D eigenvalue weighted by Crippen LogP contribution is -2.33. The van der Waals surface area contributed by atoms with Gasteiger partial charge in [-0.3, -0.25) is 4.31 Å². The van der Waals surface area contributed by atoms with Crippen LogP contribution in [0.2, 0.25) is 0 Å². The van der Waals surface area contributed by atoms with Gasteiger partial charge in [0.15, 0.2) is 0 Å². The van der Waals surface area contributed by atoms with Gasteiger partial charge in [-0.15, -0.1) is 0 Å². The molecule has 1 aliphatic heterocycles. The standard InChI is InChI=1S/C24H24N2O2S/c1-18-8-14-22(15-9-18)29(27,28)26-17-16-19-6-4-5-7-23(19)24(26)20-10-12-21(13-11-20)25(2)3/h4-17,24H,1-3H3. The first-order chi connectivity index (χ1) is 13.9. The molecule has 5 heteroatoms. The monoisotopic (exact) mass is 404 g/mol. The number of hydrogen-bond acceptors (Lipinski definition) is 3. The Labute approximate surface area is 172 Å². The quantitative estimate of drug-likeness (QED) is 0.626. The Morgan fingerprint density at radius 3 is 2.17 bits per heavy atom. The smallest absolute Gasteiger partial charge is 0.264 e. The lowest BCUT2D eigenvalue weighted by atomic mass is 9.92. The van der Waals surface area contributed by atoms with Gasteiger partial charge in [-0.25, -0.2) is 8.42 Å². The molecule has 0 saturated carbocycles. The second-order valence-electron chi connectivity index (χ2n) is 7.48. The van der Waals surface area contributed by atoms with Gasteiger partial charge in [-0.2, -0.15) is 0 Å². The highest BCUT2D eigenvalue weighted by Gasteiger charge is 2.34. The van der Waals surface area contributed by atoms with E-state index in [2.05, 4.69) is 0 Å². The Morgan fingerprint density at radius 2 is 1.52 bits per heavy atom. The van der Waals surface area contributed by atoms with Crippen molar-refractivity contribution in [1.29, 1.82) is 0 Å². The number of fused-ring (bicyclic) bond motifs is 1. The lowest BCUT2D eigenvalue weighted by Gasteiger charge is -2.34. The predicted molar refractivity (Wildman–Crippen MR) is 118 cm³/mol. The minimum atomic E-state index is -3.71. The Hall–Kier alpha value is -3.05. The summed E-state index contributed by atoms with van der Waals surface area (Å²) < 4.78 is 28.5. The second-order valence-corrected chi connectivity index (χ2v) is 9.32. The number of sulfonamides is 1. The molecule has 1 heterocycles. The van der Waals surface area contributed by atoms with Crippen molar-refractivity contribution < 1.29 is 8.42 Å². The minimum absolute atomic E-state index is 0.294. The normalized spacial score (nSPS) is 15.8. The molecule has 0 fully saturated rings. The van der Waals surface area contributed by atoms with E-state index >= 15 is 0 Å². The third-order valence-corrected chi connectivity index (χ3v) is 7.02. The summed E-state index contributed by atoms with van der Waals surface area (Å²) in [7, 11) is 0.267. The van der Waals surface area contributed by atoms with Crippen LogP contribution >= 0.6 is 0 Å². The maximum Gasteiger partial charge on any atom is 0.264 e. The van der Waals surface area contributed by atoms with E-state index in [0.29, 0.717) is 4.90 Å². The first kappa shape index (κ1) is 19.3. The first-order valence-corrected chi connectivity index (χ1v) is 11.0. The fraction of sp³-hybridized carbons (Fsp3) is 0.167. The van der Waals surface area contributed by atoms with Crippen molar-refractivity contribution in [1.82, 2.24) is 4.31 Å². The lowest BCUT2D eigenvalue weighted by molar-refractivity contribution is 0.447. The van der Waals surface area contributed by atoms with E-state index in [9.17, 15) is 8.42 Å². The van der Waals surface area contributed by atoms with Gasteiger partial charge in [-0.05, 0) is 54.0 Å². The summed E-state index contributed by atoms with van der Waals surface area (Å²) in [6.07, 6.45) is 3.55. The van der Waals surface area contributed by atoms with Crippen molar-refractivity contribution in [2.45, 2.75) is 17.9 Å². The van der Waals surface area contributed by atoms with E-state index in [1.807, 2.05) is 92.7 Å². The molecule has 0 radical (unpaired) electrons. The number of hydrogen-bond donors (Lipinski definition) is 0. The third kappa shape index (κ3) is 3.54. The molecular weight excluding hydrogens is 380 g/mol. The van der Waals surface area contributed by atoms with E-state index in [4.69, 9.17) is 0 Å². The SMILES string of the molecule is Cc1ccc(S(=O)(=O)N2C=Cc3ccccc3C2c2ccc(N(C)C)cc2)cc1. The second kappa shape index (κ2) is 7.41. The van der Waals surface area contributed by atoms with Crippen LogP contribution in [0.3, 0.4) is 0 Å². The van der Waals surface area contributed by atoms with Crippen molar-refractivity contribution in [3.8, 4) is 0 Å². The molecule has 4 nitrogen and oxygen atoms in total. The van der Waals surface area contributed by atoms with E-state index in [0.717, 1.165) is 27.9 Å². The molecule has 0 aromatic heterocycles. The summed E-state index contributed by atoms with van der Waals surface area (Å²) in [5, 5.41) is 0. The Balaban J connectivity index is 1.85. The highest BCUT2D eigenvalue weighted by molar-refractivity contribution is 7.89. The number of aryl methyl sites for hydroxylation is 1. The largest absolute Gasteiger partial charge is 0.378 e. The molecule has 1 unspecified atom stereocenters. The molecule has 29 heavy (non-hydrogen) atoms.